The Balaban J connectivity index is 1.60. The minimum absolute atomic E-state index is 0.00767. The van der Waals surface area contributed by atoms with Crippen LogP contribution in [0.3, 0.4) is 0 Å². The molecule has 3 fully saturated rings. The molecule has 0 aliphatic carbocycles. The summed E-state index contributed by atoms with van der Waals surface area (Å²) in [6.07, 6.45) is -6.22. The van der Waals surface area contributed by atoms with E-state index in [1.807, 2.05) is 0 Å². The van der Waals surface area contributed by atoms with Crippen LogP contribution in [0, 0.1) is 5.41 Å². The highest BCUT2D eigenvalue weighted by Gasteiger charge is 2.48. The number of hydrogen-bond donors (Lipinski definition) is 12. The fourth-order valence-electron chi connectivity index (χ4n) is 7.80. The van der Waals surface area contributed by atoms with Crippen molar-refractivity contribution in [2.24, 2.45) is 5.41 Å². The second kappa shape index (κ2) is 32.1. The molecular weight excluding hydrogens is 852 g/mol. The molecule has 21 nitrogen and oxygen atoms in total. The first-order valence-corrected chi connectivity index (χ1v) is 23.3. The van der Waals surface area contributed by atoms with Crippen LogP contribution in [0.25, 0.3) is 0 Å². The summed E-state index contributed by atoms with van der Waals surface area (Å²) in [5.74, 6) is 0. The number of rotatable bonds is 35. The molecule has 15 atom stereocenters. The van der Waals surface area contributed by atoms with Gasteiger partial charge in [0.05, 0.1) is 78.1 Å². The molecular formula is C43H82O21. The van der Waals surface area contributed by atoms with E-state index in [-0.39, 0.29) is 52.9 Å². The number of hydrogen-bond acceptors (Lipinski definition) is 21. The predicted octanol–water partition coefficient (Wildman–Crippen LogP) is -2.05. The molecule has 12 N–H and O–H groups in total. The van der Waals surface area contributed by atoms with Crippen LogP contribution in [0.15, 0.2) is 0 Å². The number of aliphatic hydroxyl groups is 12. The van der Waals surface area contributed by atoms with Gasteiger partial charge in [0.1, 0.15) is 73.2 Å². The first-order valence-electron chi connectivity index (χ1n) is 23.3. The van der Waals surface area contributed by atoms with Gasteiger partial charge in [0.15, 0.2) is 18.9 Å². The molecule has 3 heterocycles. The SMILES string of the molecule is CCCCCCCCCCCCCCCCOCC(COCCOCCO[C@H]1O[C@H](CO)[C@@H](O)[C@H](O)[C@@H]1O)(CO[C@H]1O[C@H](CO)[C@@H](O)[C@H](O)[C@@H]1O)CO[C@H]1O[C@H](CO)[C@@H](O)[C@H](O)[C@@H]1O. The van der Waals surface area contributed by atoms with Gasteiger partial charge < -0.3 is 104 Å². The van der Waals surface area contributed by atoms with Crippen molar-refractivity contribution >= 4 is 0 Å². The summed E-state index contributed by atoms with van der Waals surface area (Å²) in [6.45, 7) is -0.460. The van der Waals surface area contributed by atoms with Gasteiger partial charge in [-0.25, -0.2) is 0 Å². The minimum atomic E-state index is -1.72. The van der Waals surface area contributed by atoms with Crippen LogP contribution in [-0.2, 0) is 42.6 Å². The van der Waals surface area contributed by atoms with Crippen LogP contribution < -0.4 is 0 Å². The predicted molar refractivity (Wildman–Crippen MR) is 224 cm³/mol. The van der Waals surface area contributed by atoms with Gasteiger partial charge >= 0.3 is 0 Å². The summed E-state index contributed by atoms with van der Waals surface area (Å²) in [4.78, 5) is 0. The van der Waals surface area contributed by atoms with E-state index in [9.17, 15) is 61.3 Å². The van der Waals surface area contributed by atoms with Crippen molar-refractivity contribution in [1.82, 2.24) is 0 Å². The topological polar surface area (TPSA) is 326 Å². The zero-order valence-corrected chi connectivity index (χ0v) is 37.6. The first-order chi connectivity index (χ1) is 30.8. The van der Waals surface area contributed by atoms with E-state index in [2.05, 4.69) is 6.92 Å². The molecule has 0 saturated carbocycles. The fraction of sp³-hybridized carbons (Fsp3) is 1.00. The Hall–Kier alpha value is -0.840. The molecule has 0 aromatic rings. The van der Waals surface area contributed by atoms with Gasteiger partial charge in [-0.2, -0.15) is 0 Å². The van der Waals surface area contributed by atoms with Crippen molar-refractivity contribution < 1.29 is 104 Å². The maximum absolute atomic E-state index is 10.7. The lowest BCUT2D eigenvalue weighted by Crippen LogP contribution is -2.60. The van der Waals surface area contributed by atoms with Crippen molar-refractivity contribution in [3.8, 4) is 0 Å². The molecule has 64 heavy (non-hydrogen) atoms. The van der Waals surface area contributed by atoms with E-state index in [4.69, 9.17) is 42.6 Å². The number of aliphatic hydroxyl groups excluding tert-OH is 12. The zero-order chi connectivity index (χ0) is 46.9. The molecule has 0 spiro atoms. The molecule has 0 radical (unpaired) electrons. The molecule has 0 amide bonds. The van der Waals surface area contributed by atoms with Crippen molar-refractivity contribution in [3.05, 3.63) is 0 Å². The summed E-state index contributed by atoms with van der Waals surface area (Å²) in [5, 5.41) is 122. The molecule has 380 valence electrons. The highest BCUT2D eigenvalue weighted by molar-refractivity contribution is 4.92. The summed E-state index contributed by atoms with van der Waals surface area (Å²) in [7, 11) is 0. The Labute approximate surface area is 377 Å². The van der Waals surface area contributed by atoms with E-state index in [0.717, 1.165) is 25.7 Å². The largest absolute Gasteiger partial charge is 0.394 e. The van der Waals surface area contributed by atoms with Gasteiger partial charge in [0.25, 0.3) is 0 Å². The summed E-state index contributed by atoms with van der Waals surface area (Å²) in [5.41, 5.74) is -1.29. The van der Waals surface area contributed by atoms with Gasteiger partial charge in [-0.1, -0.05) is 90.4 Å². The third-order valence-corrected chi connectivity index (χ3v) is 12.0. The Morgan fingerprint density at radius 3 is 1.06 bits per heavy atom. The Morgan fingerprint density at radius 2 is 0.672 bits per heavy atom. The normalized spacial score (nSPS) is 33.8. The highest BCUT2D eigenvalue weighted by atomic mass is 16.7. The average molecular weight is 935 g/mol. The smallest absolute Gasteiger partial charge is 0.186 e. The van der Waals surface area contributed by atoms with Crippen molar-refractivity contribution in [1.29, 1.82) is 0 Å². The second-order valence-corrected chi connectivity index (χ2v) is 17.4. The van der Waals surface area contributed by atoms with E-state index < -0.39 is 117 Å². The average Bonchev–Trinajstić information content (AvgIpc) is 3.30. The molecule has 3 aliphatic rings. The van der Waals surface area contributed by atoms with Gasteiger partial charge in [-0.05, 0) is 6.42 Å². The van der Waals surface area contributed by atoms with Gasteiger partial charge in [0, 0.05) is 6.61 Å². The third kappa shape index (κ3) is 18.9. The Kier molecular flexibility index (Phi) is 28.8. The molecule has 3 aliphatic heterocycles. The van der Waals surface area contributed by atoms with Crippen LogP contribution in [0.2, 0.25) is 0 Å². The molecule has 0 aromatic heterocycles. The highest BCUT2D eigenvalue weighted by Crippen LogP contribution is 2.30. The lowest BCUT2D eigenvalue weighted by atomic mass is 9.91. The maximum atomic E-state index is 10.7. The number of ether oxygens (including phenoxy) is 9. The first kappa shape index (κ1) is 57.5. The van der Waals surface area contributed by atoms with Crippen molar-refractivity contribution in [3.63, 3.8) is 0 Å². The lowest BCUT2D eigenvalue weighted by Gasteiger charge is -2.43. The Morgan fingerprint density at radius 1 is 0.344 bits per heavy atom. The van der Waals surface area contributed by atoms with Crippen LogP contribution in [0.5, 0.6) is 0 Å². The van der Waals surface area contributed by atoms with E-state index in [0.29, 0.717) is 6.61 Å². The van der Waals surface area contributed by atoms with E-state index >= 15 is 0 Å². The van der Waals surface area contributed by atoms with Crippen molar-refractivity contribution in [2.75, 3.05) is 79.3 Å². The second-order valence-electron chi connectivity index (χ2n) is 17.4. The summed E-state index contributed by atoms with van der Waals surface area (Å²) >= 11 is 0. The molecule has 21 heteroatoms. The van der Waals surface area contributed by atoms with Crippen LogP contribution >= 0.6 is 0 Å². The van der Waals surface area contributed by atoms with Crippen LogP contribution in [-0.4, -0.2) is 233 Å². The molecule has 0 aromatic carbocycles. The Bertz CT molecular complexity index is 1120. The van der Waals surface area contributed by atoms with Crippen molar-refractivity contribution in [2.45, 2.75) is 189 Å². The molecule has 3 saturated heterocycles. The van der Waals surface area contributed by atoms with Gasteiger partial charge in [-0.15, -0.1) is 0 Å². The third-order valence-electron chi connectivity index (χ3n) is 12.0. The molecule has 0 unspecified atom stereocenters. The van der Waals surface area contributed by atoms with E-state index in [1.165, 1.54) is 64.2 Å². The summed E-state index contributed by atoms with van der Waals surface area (Å²) < 4.78 is 51.7. The van der Waals surface area contributed by atoms with E-state index in [1.54, 1.807) is 0 Å². The molecule has 3 rings (SSSR count). The minimum Gasteiger partial charge on any atom is -0.394 e. The summed E-state index contributed by atoms with van der Waals surface area (Å²) in [6, 6.07) is 0. The van der Waals surface area contributed by atoms with Gasteiger partial charge in [0.2, 0.25) is 0 Å². The number of unbranched alkanes of at least 4 members (excludes halogenated alkanes) is 13. The maximum Gasteiger partial charge on any atom is 0.186 e. The quantitative estimate of drug-likeness (QED) is 0.0305. The fourth-order valence-corrected chi connectivity index (χ4v) is 7.80. The lowest BCUT2D eigenvalue weighted by molar-refractivity contribution is -0.322. The zero-order valence-electron chi connectivity index (χ0n) is 37.6. The van der Waals surface area contributed by atoms with Crippen LogP contribution in [0.4, 0.5) is 0 Å². The van der Waals surface area contributed by atoms with Crippen LogP contribution in [0.1, 0.15) is 96.8 Å². The standard InChI is InChI=1S/C43H82O21/c1-2-3-4-5-6-7-8-9-10-11-12-13-14-15-16-57-24-43(26-60-41-38(54)35(51)32(48)29(22-45)63-41,27-61-42-39(55)36(52)33(49)30(23-46)64-42)25-58-18-17-56-19-20-59-40-37(53)34(50)31(47)28(21-44)62-40/h28-42,44-55H,2-27H2,1H3/t28-,29-,30-,31-,32-,33-,34+,35+,36+,37+,38+,39+,40+,41+,42+/m1/s1. The monoisotopic (exact) mass is 935 g/mol. The molecule has 0 bridgehead atoms. The van der Waals surface area contributed by atoms with Gasteiger partial charge in [-0.3, -0.25) is 0 Å².